The molecule has 1 aliphatic rings. The number of fused-ring (bicyclic) bond motifs is 1. The number of carbonyl (C=O) groups is 1. The first kappa shape index (κ1) is 20.1. The van der Waals surface area contributed by atoms with Crippen LogP contribution in [0.15, 0.2) is 53.7 Å². The lowest BCUT2D eigenvalue weighted by Crippen LogP contribution is -2.41. The number of nitrogens with zero attached hydrogens (tertiary/aromatic N) is 3. The molecular weight excluding hydrogens is 402 g/mol. The van der Waals surface area contributed by atoms with E-state index in [0.29, 0.717) is 16.6 Å². The Hall–Kier alpha value is -3.20. The molecule has 2 unspecified atom stereocenters. The number of nitrogens with one attached hydrogen (secondary N) is 2. The highest BCUT2D eigenvalue weighted by atomic mass is 32.2. The van der Waals surface area contributed by atoms with Crippen molar-refractivity contribution in [3.63, 3.8) is 0 Å². The number of thioether (sulfide) groups is 1. The molecule has 1 amide bonds. The van der Waals surface area contributed by atoms with Gasteiger partial charge in [-0.1, -0.05) is 36.9 Å². The van der Waals surface area contributed by atoms with E-state index in [1.807, 2.05) is 54.1 Å². The lowest BCUT2D eigenvalue weighted by molar-refractivity contribution is -0.116. The molecule has 2 atom stereocenters. The Labute approximate surface area is 179 Å². The molecule has 1 aromatic heterocycles. The van der Waals surface area contributed by atoms with E-state index in [4.69, 9.17) is 9.47 Å². The number of aromatic nitrogens is 3. The molecule has 4 rings (SSSR count). The average Bonchev–Trinajstić information content (AvgIpc) is 3.20. The average molecular weight is 426 g/mol. The topological polar surface area (TPSA) is 90.3 Å². The van der Waals surface area contributed by atoms with Gasteiger partial charge in [-0.3, -0.25) is 4.79 Å². The SMILES string of the molecule is CCc1nnc2n1NC(c1ccc(OC)cc1)C(C(=O)Nc1cccc(OC)c1)S2. The van der Waals surface area contributed by atoms with Gasteiger partial charge in [0.2, 0.25) is 11.1 Å². The molecule has 2 N–H and O–H groups in total. The zero-order valence-electron chi connectivity index (χ0n) is 17.0. The molecule has 0 saturated heterocycles. The summed E-state index contributed by atoms with van der Waals surface area (Å²) in [5.74, 6) is 2.14. The summed E-state index contributed by atoms with van der Waals surface area (Å²) in [6, 6.07) is 14.7. The molecule has 0 aliphatic carbocycles. The van der Waals surface area contributed by atoms with Crippen LogP contribution in [0.3, 0.4) is 0 Å². The molecular formula is C21H23N5O3S. The molecule has 0 fully saturated rings. The third-order valence-corrected chi connectivity index (χ3v) is 6.11. The van der Waals surface area contributed by atoms with Crippen molar-refractivity contribution in [1.29, 1.82) is 0 Å². The predicted octanol–water partition coefficient (Wildman–Crippen LogP) is 3.26. The summed E-state index contributed by atoms with van der Waals surface area (Å²) in [4.78, 5) is 13.3. The van der Waals surface area contributed by atoms with Crippen LogP contribution in [0.1, 0.15) is 24.4 Å². The number of hydrogen-bond donors (Lipinski definition) is 2. The van der Waals surface area contributed by atoms with Crippen LogP contribution in [-0.2, 0) is 11.2 Å². The highest BCUT2D eigenvalue weighted by Crippen LogP contribution is 2.38. The largest absolute Gasteiger partial charge is 0.497 e. The molecule has 8 nitrogen and oxygen atoms in total. The lowest BCUT2D eigenvalue weighted by Gasteiger charge is -2.33. The summed E-state index contributed by atoms with van der Waals surface area (Å²) in [5, 5.41) is 11.7. The maximum atomic E-state index is 13.3. The zero-order chi connectivity index (χ0) is 21.1. The van der Waals surface area contributed by atoms with Crippen LogP contribution in [0.25, 0.3) is 0 Å². The van der Waals surface area contributed by atoms with Crippen LogP contribution in [-0.4, -0.2) is 40.3 Å². The minimum Gasteiger partial charge on any atom is -0.497 e. The second-order valence-electron chi connectivity index (χ2n) is 6.73. The third-order valence-electron chi connectivity index (χ3n) is 4.89. The molecule has 1 aliphatic heterocycles. The number of methoxy groups -OCH3 is 2. The zero-order valence-corrected chi connectivity index (χ0v) is 17.8. The first-order valence-electron chi connectivity index (χ1n) is 9.59. The van der Waals surface area contributed by atoms with Crippen LogP contribution >= 0.6 is 11.8 Å². The summed E-state index contributed by atoms with van der Waals surface area (Å²) in [5.41, 5.74) is 5.08. The molecule has 0 saturated carbocycles. The summed E-state index contributed by atoms with van der Waals surface area (Å²) >= 11 is 1.40. The molecule has 0 radical (unpaired) electrons. The van der Waals surface area contributed by atoms with E-state index in [2.05, 4.69) is 20.9 Å². The fourth-order valence-electron chi connectivity index (χ4n) is 3.30. The van der Waals surface area contributed by atoms with Crippen molar-refractivity contribution in [2.24, 2.45) is 0 Å². The highest BCUT2D eigenvalue weighted by molar-refractivity contribution is 8.00. The number of ether oxygens (including phenoxy) is 2. The Balaban J connectivity index is 1.65. The third kappa shape index (κ3) is 3.93. The van der Waals surface area contributed by atoms with E-state index >= 15 is 0 Å². The van der Waals surface area contributed by atoms with Crippen LogP contribution in [0, 0.1) is 0 Å². The van der Waals surface area contributed by atoms with Crippen molar-refractivity contribution in [3.05, 3.63) is 59.9 Å². The summed E-state index contributed by atoms with van der Waals surface area (Å²) in [6.45, 7) is 2.02. The maximum absolute atomic E-state index is 13.3. The van der Waals surface area contributed by atoms with Crippen molar-refractivity contribution in [3.8, 4) is 11.5 Å². The number of carbonyl (C=O) groups excluding carboxylic acids is 1. The van der Waals surface area contributed by atoms with E-state index in [-0.39, 0.29) is 11.9 Å². The Morgan fingerprint density at radius 1 is 1.13 bits per heavy atom. The molecule has 0 spiro atoms. The van der Waals surface area contributed by atoms with Gasteiger partial charge in [0.1, 0.15) is 16.7 Å². The number of anilines is 1. The normalized spacial score (nSPS) is 17.6. The number of aryl methyl sites for hydroxylation is 1. The van der Waals surface area contributed by atoms with Gasteiger partial charge in [-0.25, -0.2) is 4.68 Å². The number of benzene rings is 2. The summed E-state index contributed by atoms with van der Waals surface area (Å²) in [7, 11) is 3.23. The van der Waals surface area contributed by atoms with E-state index in [9.17, 15) is 4.79 Å². The minimum atomic E-state index is -0.453. The Kier molecular flexibility index (Phi) is 5.80. The molecule has 3 aromatic rings. The summed E-state index contributed by atoms with van der Waals surface area (Å²) in [6.07, 6.45) is 0.733. The van der Waals surface area contributed by atoms with Gasteiger partial charge < -0.3 is 20.2 Å². The standard InChI is InChI=1S/C21H23N5O3S/c1-4-17-23-24-21-26(17)25-18(13-8-10-15(28-2)11-9-13)19(30-21)20(27)22-14-6-5-7-16(12-14)29-3/h5-12,18-19,25H,4H2,1-3H3,(H,22,27). The molecule has 9 heteroatoms. The van der Waals surface area contributed by atoms with Crippen LogP contribution in [0.2, 0.25) is 0 Å². The smallest absolute Gasteiger partial charge is 0.240 e. The van der Waals surface area contributed by atoms with Gasteiger partial charge in [-0.2, -0.15) is 0 Å². The number of amides is 1. The Morgan fingerprint density at radius 2 is 1.90 bits per heavy atom. The first-order chi connectivity index (χ1) is 14.6. The quantitative estimate of drug-likeness (QED) is 0.626. The van der Waals surface area contributed by atoms with Gasteiger partial charge >= 0.3 is 0 Å². The van der Waals surface area contributed by atoms with Gasteiger partial charge in [0.25, 0.3) is 0 Å². The van der Waals surface area contributed by atoms with Crippen LogP contribution in [0.5, 0.6) is 11.5 Å². The monoisotopic (exact) mass is 425 g/mol. The maximum Gasteiger partial charge on any atom is 0.240 e. The minimum absolute atomic E-state index is 0.131. The van der Waals surface area contributed by atoms with E-state index in [1.54, 1.807) is 20.3 Å². The second-order valence-corrected chi connectivity index (χ2v) is 7.84. The predicted molar refractivity (Wildman–Crippen MR) is 116 cm³/mol. The fraction of sp³-hybridized carbons (Fsp3) is 0.286. The van der Waals surface area contributed by atoms with Crippen molar-refractivity contribution in [2.45, 2.75) is 29.8 Å². The Morgan fingerprint density at radius 3 is 2.60 bits per heavy atom. The van der Waals surface area contributed by atoms with Crippen molar-refractivity contribution in [1.82, 2.24) is 14.9 Å². The van der Waals surface area contributed by atoms with E-state index in [1.165, 1.54) is 11.8 Å². The first-order valence-corrected chi connectivity index (χ1v) is 10.5. The van der Waals surface area contributed by atoms with E-state index < -0.39 is 5.25 Å². The number of rotatable bonds is 6. The highest BCUT2D eigenvalue weighted by Gasteiger charge is 2.37. The Bertz CT molecular complexity index is 1040. The van der Waals surface area contributed by atoms with Gasteiger partial charge in [0.05, 0.1) is 20.3 Å². The second kappa shape index (κ2) is 8.66. The van der Waals surface area contributed by atoms with Gasteiger partial charge in [-0.05, 0) is 29.8 Å². The molecule has 2 heterocycles. The molecule has 0 bridgehead atoms. The van der Waals surface area contributed by atoms with Gasteiger partial charge in [0.15, 0.2) is 5.82 Å². The molecule has 30 heavy (non-hydrogen) atoms. The van der Waals surface area contributed by atoms with Crippen LogP contribution < -0.4 is 20.2 Å². The number of hydrogen-bond acceptors (Lipinski definition) is 7. The van der Waals surface area contributed by atoms with Gasteiger partial charge in [0, 0.05) is 18.2 Å². The van der Waals surface area contributed by atoms with Crippen molar-refractivity contribution in [2.75, 3.05) is 25.0 Å². The fourth-order valence-corrected chi connectivity index (χ4v) is 4.40. The van der Waals surface area contributed by atoms with Crippen molar-refractivity contribution >= 4 is 23.4 Å². The van der Waals surface area contributed by atoms with E-state index in [0.717, 1.165) is 23.6 Å². The molecule has 2 aromatic carbocycles. The lowest BCUT2D eigenvalue weighted by atomic mass is 10.0. The van der Waals surface area contributed by atoms with Crippen molar-refractivity contribution < 1.29 is 14.3 Å². The van der Waals surface area contributed by atoms with Crippen LogP contribution in [0.4, 0.5) is 5.69 Å². The van der Waals surface area contributed by atoms with Gasteiger partial charge in [-0.15, -0.1) is 10.2 Å². The summed E-state index contributed by atoms with van der Waals surface area (Å²) < 4.78 is 12.4. The molecule has 156 valence electrons.